The molecule has 0 bridgehead atoms. The number of H-pyrrole nitrogens is 2. The fourth-order valence-corrected chi connectivity index (χ4v) is 4.55. The van der Waals surface area contributed by atoms with Crippen LogP contribution in [0.4, 0.5) is 0 Å². The Morgan fingerprint density at radius 3 is 2.75 bits per heavy atom. The van der Waals surface area contributed by atoms with Crippen molar-refractivity contribution in [2.24, 2.45) is 0 Å². The molecule has 0 atom stereocenters. The Balaban J connectivity index is 1.44. The van der Waals surface area contributed by atoms with Crippen molar-refractivity contribution in [1.29, 1.82) is 0 Å². The molecule has 1 spiro atoms. The summed E-state index contributed by atoms with van der Waals surface area (Å²) in [5.41, 5.74) is 3.06. The summed E-state index contributed by atoms with van der Waals surface area (Å²) in [4.78, 5) is 42.1. The molecule has 3 aromatic heterocycles. The zero-order chi connectivity index (χ0) is 19.1. The third-order valence-corrected chi connectivity index (χ3v) is 6.16. The minimum atomic E-state index is -0.116. The molecule has 0 unspecified atom stereocenters. The number of rotatable bonds is 2. The van der Waals surface area contributed by atoms with Crippen molar-refractivity contribution in [1.82, 2.24) is 24.8 Å². The highest BCUT2D eigenvalue weighted by Crippen LogP contribution is 2.44. The first kappa shape index (κ1) is 16.9. The summed E-state index contributed by atoms with van der Waals surface area (Å²) in [7, 11) is 0. The van der Waals surface area contributed by atoms with Gasteiger partial charge in [-0.05, 0) is 43.9 Å². The minimum absolute atomic E-state index is 0.0495. The van der Waals surface area contributed by atoms with Gasteiger partial charge in [0.15, 0.2) is 0 Å². The molecule has 7 nitrogen and oxygen atoms in total. The molecule has 0 radical (unpaired) electrons. The lowest BCUT2D eigenvalue weighted by molar-refractivity contribution is 0.0664. The highest BCUT2D eigenvalue weighted by Gasteiger charge is 2.44. The topological polar surface area (TPSA) is 94.7 Å². The maximum Gasteiger partial charge on any atom is 0.255 e. The molecule has 3 aromatic rings. The molecule has 1 fully saturated rings. The van der Waals surface area contributed by atoms with Gasteiger partial charge in [-0.3, -0.25) is 14.6 Å². The second kappa shape index (κ2) is 6.44. The Hall–Kier alpha value is -3.22. The summed E-state index contributed by atoms with van der Waals surface area (Å²) >= 11 is 0. The summed E-state index contributed by atoms with van der Waals surface area (Å²) in [5.74, 6) is 0.633. The zero-order valence-electron chi connectivity index (χ0n) is 15.4. The highest BCUT2D eigenvalue weighted by atomic mass is 16.2. The van der Waals surface area contributed by atoms with Gasteiger partial charge in [0.05, 0.1) is 11.3 Å². The summed E-state index contributed by atoms with van der Waals surface area (Å²) in [6.45, 7) is 1.36. The molecule has 28 heavy (non-hydrogen) atoms. The molecular formula is C21H21N5O2. The first-order valence-electron chi connectivity index (χ1n) is 9.62. The van der Waals surface area contributed by atoms with Gasteiger partial charge in [0.25, 0.3) is 11.5 Å². The summed E-state index contributed by atoms with van der Waals surface area (Å²) in [5, 5.41) is 0. The number of likely N-dealkylation sites (tertiary alicyclic amines) is 1. The number of fused-ring (bicyclic) bond motifs is 2. The van der Waals surface area contributed by atoms with Crippen LogP contribution in [0.1, 0.15) is 40.9 Å². The molecule has 142 valence electrons. The van der Waals surface area contributed by atoms with E-state index >= 15 is 0 Å². The number of carbonyl (C=O) groups is 1. The van der Waals surface area contributed by atoms with E-state index in [4.69, 9.17) is 4.98 Å². The van der Waals surface area contributed by atoms with Crippen molar-refractivity contribution >= 4 is 5.91 Å². The fraction of sp³-hybridized carbons (Fsp3) is 0.333. The third-order valence-electron chi connectivity index (χ3n) is 6.16. The van der Waals surface area contributed by atoms with Crippen LogP contribution >= 0.6 is 0 Å². The average molecular weight is 375 g/mol. The summed E-state index contributed by atoms with van der Waals surface area (Å²) < 4.78 is 0. The van der Waals surface area contributed by atoms with E-state index in [0.29, 0.717) is 24.5 Å². The summed E-state index contributed by atoms with van der Waals surface area (Å²) in [6, 6.07) is 5.54. The Labute approximate surface area is 161 Å². The lowest BCUT2D eigenvalue weighted by atomic mass is 9.76. The molecule has 5 rings (SSSR count). The normalized spacial score (nSPS) is 17.6. The fourth-order valence-electron chi connectivity index (χ4n) is 4.55. The van der Waals surface area contributed by atoms with Gasteiger partial charge in [0, 0.05) is 54.4 Å². The zero-order valence-corrected chi connectivity index (χ0v) is 15.4. The number of hydrogen-bond acceptors (Lipinski definition) is 4. The lowest BCUT2D eigenvalue weighted by Crippen LogP contribution is -2.44. The number of carbonyl (C=O) groups excluding carboxylic acids is 1. The Morgan fingerprint density at radius 1 is 1.18 bits per heavy atom. The Bertz CT molecular complexity index is 1060. The van der Waals surface area contributed by atoms with Crippen molar-refractivity contribution < 1.29 is 4.79 Å². The Morgan fingerprint density at radius 2 is 2.04 bits per heavy atom. The van der Waals surface area contributed by atoms with Crippen LogP contribution in [0.15, 0.2) is 47.8 Å². The van der Waals surface area contributed by atoms with Crippen molar-refractivity contribution in [2.75, 3.05) is 13.1 Å². The van der Waals surface area contributed by atoms with Crippen LogP contribution in [-0.2, 0) is 11.8 Å². The first-order valence-corrected chi connectivity index (χ1v) is 9.62. The number of hydrogen-bond donors (Lipinski definition) is 2. The molecule has 1 saturated heterocycles. The number of aromatic nitrogens is 4. The lowest BCUT2D eigenvalue weighted by Gasteiger charge is -2.39. The van der Waals surface area contributed by atoms with Crippen LogP contribution in [0.2, 0.25) is 0 Å². The second-order valence-corrected chi connectivity index (χ2v) is 7.66. The van der Waals surface area contributed by atoms with Crippen LogP contribution < -0.4 is 5.56 Å². The van der Waals surface area contributed by atoms with Crippen LogP contribution in [0.25, 0.3) is 11.4 Å². The number of nitrogens with zero attached hydrogens (tertiary/aromatic N) is 3. The van der Waals surface area contributed by atoms with Crippen molar-refractivity contribution in [3.05, 3.63) is 70.2 Å². The number of piperidine rings is 1. The maximum atomic E-state index is 12.7. The molecule has 1 aliphatic carbocycles. The van der Waals surface area contributed by atoms with Crippen molar-refractivity contribution in [2.45, 2.75) is 31.1 Å². The molecule has 4 heterocycles. The van der Waals surface area contributed by atoms with E-state index in [1.807, 2.05) is 17.0 Å². The molecule has 2 N–H and O–H groups in total. The van der Waals surface area contributed by atoms with E-state index in [-0.39, 0.29) is 16.9 Å². The molecule has 0 saturated carbocycles. The average Bonchev–Trinajstić information content (AvgIpc) is 3.38. The van der Waals surface area contributed by atoms with Crippen LogP contribution in [0, 0.1) is 0 Å². The largest absolute Gasteiger partial charge is 0.367 e. The summed E-state index contributed by atoms with van der Waals surface area (Å²) in [6.07, 6.45) is 10.2. The van der Waals surface area contributed by atoms with E-state index < -0.39 is 0 Å². The highest BCUT2D eigenvalue weighted by molar-refractivity contribution is 5.94. The van der Waals surface area contributed by atoms with Crippen LogP contribution in [-0.4, -0.2) is 43.8 Å². The number of nitrogens with one attached hydrogen (secondary N) is 2. The molecule has 1 amide bonds. The van der Waals surface area contributed by atoms with Gasteiger partial charge in [0.2, 0.25) is 0 Å². The quantitative estimate of drug-likeness (QED) is 0.718. The number of amides is 1. The minimum Gasteiger partial charge on any atom is -0.367 e. The van der Waals surface area contributed by atoms with E-state index in [1.54, 1.807) is 30.9 Å². The monoisotopic (exact) mass is 375 g/mol. The van der Waals surface area contributed by atoms with Gasteiger partial charge in [0.1, 0.15) is 5.82 Å². The van der Waals surface area contributed by atoms with Crippen LogP contribution in [0.5, 0.6) is 0 Å². The van der Waals surface area contributed by atoms with E-state index in [1.165, 1.54) is 0 Å². The van der Waals surface area contributed by atoms with Gasteiger partial charge in [-0.15, -0.1) is 0 Å². The number of aromatic amines is 2. The molecule has 2 aliphatic rings. The standard InChI is InChI=1S/C21H21N5O2/c27-19-16-3-5-21(17(16)24-18(25-19)14-2-1-8-22-12-14)6-10-26(11-7-21)20(28)15-4-9-23-13-15/h1-2,4,8-9,12-13,23H,3,5-7,10-11H2,(H,24,25,27). The smallest absolute Gasteiger partial charge is 0.255 e. The van der Waals surface area contributed by atoms with Crippen LogP contribution in [0.3, 0.4) is 0 Å². The Kier molecular flexibility index (Phi) is 3.89. The van der Waals surface area contributed by atoms with E-state index in [0.717, 1.165) is 42.5 Å². The molecular weight excluding hydrogens is 354 g/mol. The van der Waals surface area contributed by atoms with Gasteiger partial charge in [-0.2, -0.15) is 0 Å². The van der Waals surface area contributed by atoms with E-state index in [2.05, 4.69) is 15.0 Å². The van der Waals surface area contributed by atoms with E-state index in [9.17, 15) is 9.59 Å². The van der Waals surface area contributed by atoms with Crippen molar-refractivity contribution in [3.8, 4) is 11.4 Å². The maximum absolute atomic E-state index is 12.7. The van der Waals surface area contributed by atoms with Crippen molar-refractivity contribution in [3.63, 3.8) is 0 Å². The molecule has 0 aromatic carbocycles. The predicted molar refractivity (Wildman–Crippen MR) is 104 cm³/mol. The molecule has 7 heteroatoms. The van der Waals surface area contributed by atoms with Gasteiger partial charge < -0.3 is 14.9 Å². The van der Waals surface area contributed by atoms with Gasteiger partial charge in [-0.25, -0.2) is 4.98 Å². The predicted octanol–water partition coefficient (Wildman–Crippen LogP) is 2.28. The number of pyridine rings is 1. The van der Waals surface area contributed by atoms with Gasteiger partial charge in [-0.1, -0.05) is 0 Å². The first-order chi connectivity index (χ1) is 13.7. The second-order valence-electron chi connectivity index (χ2n) is 7.66. The van der Waals surface area contributed by atoms with Gasteiger partial charge >= 0.3 is 0 Å². The molecule has 1 aliphatic heterocycles. The third kappa shape index (κ3) is 2.66. The SMILES string of the molecule is O=C(c1cc[nH]c1)N1CCC2(CCc3c2nc(-c2cccnc2)[nH]c3=O)CC1.